The van der Waals surface area contributed by atoms with Crippen LogP contribution in [0.4, 0.5) is 0 Å². The number of aryl methyl sites for hydroxylation is 1. The van der Waals surface area contributed by atoms with E-state index in [9.17, 15) is 29.1 Å². The third kappa shape index (κ3) is 11.4. The van der Waals surface area contributed by atoms with Crippen molar-refractivity contribution in [3.8, 4) is 10.6 Å². The molecule has 2 bridgehead atoms. The molecule has 18 heteroatoms. The van der Waals surface area contributed by atoms with Crippen molar-refractivity contribution in [3.05, 3.63) is 40.9 Å². The van der Waals surface area contributed by atoms with E-state index in [0.29, 0.717) is 42.7 Å². The third-order valence-electron chi connectivity index (χ3n) is 13.0. The largest absolute Gasteiger partial charge is 0.481 e. The molecule has 5 amide bonds. The van der Waals surface area contributed by atoms with Crippen molar-refractivity contribution in [2.24, 2.45) is 28.7 Å². The van der Waals surface area contributed by atoms with Crippen molar-refractivity contribution in [2.75, 3.05) is 13.1 Å². The Kier molecular flexibility index (Phi) is 16.5. The summed E-state index contributed by atoms with van der Waals surface area (Å²) in [7, 11) is -0.651. The molecular weight excluding hydrogens is 799 g/mol. The molecule has 2 aromatic rings. The van der Waals surface area contributed by atoms with Gasteiger partial charge in [-0.15, -0.1) is 11.3 Å². The van der Waals surface area contributed by atoms with E-state index < -0.39 is 78.5 Å². The average molecular weight is 867 g/mol. The Morgan fingerprint density at radius 2 is 1.56 bits per heavy atom. The summed E-state index contributed by atoms with van der Waals surface area (Å²) in [5.74, 6) is -2.87. The molecule has 16 nitrogen and oxygen atoms in total. The number of carbonyl (C=O) groups is 5. The van der Waals surface area contributed by atoms with Crippen molar-refractivity contribution in [1.29, 1.82) is 0 Å². The summed E-state index contributed by atoms with van der Waals surface area (Å²) in [6.45, 7) is 13.8. The molecule has 1 aliphatic heterocycles. The van der Waals surface area contributed by atoms with Crippen LogP contribution in [0.15, 0.2) is 29.6 Å². The van der Waals surface area contributed by atoms with Crippen molar-refractivity contribution in [1.82, 2.24) is 31.6 Å². The first-order valence-electron chi connectivity index (χ1n) is 21.9. The number of hydrogen-bond donors (Lipinski definition) is 8. The minimum atomic E-state index is -1.50. The van der Waals surface area contributed by atoms with Crippen LogP contribution in [0.2, 0.25) is 0 Å². The maximum absolute atomic E-state index is 13.7. The van der Waals surface area contributed by atoms with E-state index in [1.807, 2.05) is 31.2 Å². The van der Waals surface area contributed by atoms with Crippen molar-refractivity contribution in [2.45, 2.75) is 154 Å². The number of nitrogens with zero attached hydrogens (tertiary/aromatic N) is 1. The molecule has 3 aliphatic carbocycles. The number of rotatable bonds is 22. The van der Waals surface area contributed by atoms with Crippen LogP contribution in [0.25, 0.3) is 10.6 Å². The zero-order chi connectivity index (χ0) is 44.6. The van der Waals surface area contributed by atoms with Crippen molar-refractivity contribution >= 4 is 48.0 Å². The second-order valence-electron chi connectivity index (χ2n) is 17.9. The lowest BCUT2D eigenvalue weighted by Crippen LogP contribution is -2.65. The zero-order valence-electron chi connectivity index (χ0n) is 36.8. The highest BCUT2D eigenvalue weighted by atomic mass is 32.1. The van der Waals surface area contributed by atoms with Crippen LogP contribution >= 0.6 is 11.3 Å². The van der Waals surface area contributed by atoms with Gasteiger partial charge in [0.1, 0.15) is 34.9 Å². The molecule has 4 fully saturated rings. The highest BCUT2D eigenvalue weighted by Crippen LogP contribution is 2.65. The third-order valence-corrected chi connectivity index (χ3v) is 13.9. The molecule has 4 aliphatic rings. The van der Waals surface area contributed by atoms with Gasteiger partial charge in [-0.2, -0.15) is 0 Å². The standard InChI is InChI=1S/C43H67BN8O8S/c1-8-9-12-27-14-16-28(17-15-27)41-51-32(23-61-41)39(57)50-31(18-20-46)38(56)52-35(25(3)53)40(58)47-24(2)36(54)49-30(13-10-11-19-45)37(55)48-26(4)44-59-34-22-29-21-33(42(29,5)6)43(34,7)60-44/h14-17,23-26,29-31,33-35,53H,8-13,18-22,45-46H2,1-7H3,(H,47,58)(H,48,55)(H,49,54)(H,50,57)(H,52,56)/t24-,25+,26-,29-,30-,31-,33-,34+,35-,43-/m0/s1. The molecule has 10 atom stereocenters. The molecule has 2 heterocycles. The molecule has 1 saturated heterocycles. The zero-order valence-corrected chi connectivity index (χ0v) is 37.6. The monoisotopic (exact) mass is 866 g/mol. The number of aliphatic hydroxyl groups excluding tert-OH is 1. The van der Waals surface area contributed by atoms with E-state index in [1.54, 1.807) is 5.38 Å². The second-order valence-corrected chi connectivity index (χ2v) is 18.7. The summed E-state index contributed by atoms with van der Waals surface area (Å²) in [6.07, 6.45) is 5.28. The number of aliphatic hydroxyl groups is 1. The number of nitrogens with one attached hydrogen (secondary N) is 5. The number of amides is 5. The van der Waals surface area contributed by atoms with Gasteiger partial charge >= 0.3 is 7.12 Å². The maximum atomic E-state index is 13.7. The fourth-order valence-corrected chi connectivity index (χ4v) is 9.77. The number of carbonyl (C=O) groups excluding carboxylic acids is 5. The van der Waals surface area contributed by atoms with Gasteiger partial charge in [-0.3, -0.25) is 24.0 Å². The lowest BCUT2D eigenvalue weighted by Gasteiger charge is -2.64. The molecule has 61 heavy (non-hydrogen) atoms. The summed E-state index contributed by atoms with van der Waals surface area (Å²) in [5.41, 5.74) is 13.4. The number of unbranched alkanes of at least 4 members (excludes halogenated alkanes) is 2. The Labute approximate surface area is 364 Å². The predicted octanol–water partition coefficient (Wildman–Crippen LogP) is 2.36. The molecule has 0 unspecified atom stereocenters. The van der Waals surface area contributed by atoms with Gasteiger partial charge < -0.3 is 52.5 Å². The number of aromatic nitrogens is 1. The number of thiazole rings is 1. The van der Waals surface area contributed by atoms with Gasteiger partial charge in [-0.05, 0) is 115 Å². The lowest BCUT2D eigenvalue weighted by atomic mass is 9.43. The molecule has 1 aromatic heterocycles. The molecular formula is C43H67BN8O8S. The van der Waals surface area contributed by atoms with Gasteiger partial charge in [0.15, 0.2) is 0 Å². The fourth-order valence-electron chi connectivity index (χ4n) is 8.97. The first kappa shape index (κ1) is 48.1. The van der Waals surface area contributed by atoms with Crippen LogP contribution in [0.1, 0.15) is 116 Å². The molecule has 0 radical (unpaired) electrons. The van der Waals surface area contributed by atoms with E-state index in [-0.39, 0.29) is 30.2 Å². The SMILES string of the molecule is CCCCc1ccc(-c2nc(C(=O)N[C@@H](CCN)C(=O)N[C@H](C(=O)N[C@@H](C)C(=O)N[C@@H](CCCCN)C(=O)N[C@@H](C)B3O[C@@H]4C[C@@H]5C[C@@H](C5(C)C)[C@]4(C)O3)[C@@H](C)O)cs2)cc1. The first-order chi connectivity index (χ1) is 28.9. The van der Waals surface area contributed by atoms with Crippen molar-refractivity contribution < 1.29 is 38.4 Å². The molecule has 6 rings (SSSR count). The Morgan fingerprint density at radius 3 is 2.20 bits per heavy atom. The van der Waals surface area contributed by atoms with Gasteiger partial charge in [0.05, 0.1) is 23.8 Å². The lowest BCUT2D eigenvalue weighted by molar-refractivity contribution is -0.199. The number of benzene rings is 1. The maximum Gasteiger partial charge on any atom is 0.481 e. The van der Waals surface area contributed by atoms with Crippen LogP contribution in [0.3, 0.4) is 0 Å². The van der Waals surface area contributed by atoms with Gasteiger partial charge in [-0.1, -0.05) is 51.5 Å². The molecule has 3 saturated carbocycles. The van der Waals surface area contributed by atoms with Crippen LogP contribution in [-0.4, -0.2) is 108 Å². The van der Waals surface area contributed by atoms with Crippen LogP contribution < -0.4 is 38.1 Å². The molecule has 0 spiro atoms. The summed E-state index contributed by atoms with van der Waals surface area (Å²) >= 11 is 1.30. The summed E-state index contributed by atoms with van der Waals surface area (Å²) in [4.78, 5) is 71.9. The minimum Gasteiger partial charge on any atom is -0.404 e. The quantitative estimate of drug-likeness (QED) is 0.0631. The van der Waals surface area contributed by atoms with E-state index in [1.165, 1.54) is 30.7 Å². The minimum absolute atomic E-state index is 0.0328. The fraction of sp³-hybridized carbons (Fsp3) is 0.674. The summed E-state index contributed by atoms with van der Waals surface area (Å²) in [5, 5.41) is 26.3. The van der Waals surface area contributed by atoms with Gasteiger partial charge in [0.25, 0.3) is 5.91 Å². The summed E-state index contributed by atoms with van der Waals surface area (Å²) < 4.78 is 12.9. The summed E-state index contributed by atoms with van der Waals surface area (Å²) in [6, 6.07) is 3.26. The molecule has 10 N–H and O–H groups in total. The van der Waals surface area contributed by atoms with E-state index >= 15 is 0 Å². The number of nitrogens with two attached hydrogens (primary N) is 2. The molecule has 336 valence electrons. The van der Waals surface area contributed by atoms with E-state index in [0.717, 1.165) is 37.7 Å². The predicted molar refractivity (Wildman–Crippen MR) is 235 cm³/mol. The van der Waals surface area contributed by atoms with Gasteiger partial charge in [0, 0.05) is 10.9 Å². The Bertz CT molecular complexity index is 1850. The normalized spacial score (nSPS) is 24.2. The Balaban J connectivity index is 1.15. The van der Waals surface area contributed by atoms with Crippen LogP contribution in [0, 0.1) is 17.3 Å². The van der Waals surface area contributed by atoms with Crippen molar-refractivity contribution in [3.63, 3.8) is 0 Å². The van der Waals surface area contributed by atoms with E-state index in [4.69, 9.17) is 20.8 Å². The highest BCUT2D eigenvalue weighted by Gasteiger charge is 2.68. The molecule has 1 aromatic carbocycles. The van der Waals surface area contributed by atoms with Crippen LogP contribution in [0.5, 0.6) is 0 Å². The first-order valence-corrected chi connectivity index (χ1v) is 22.8. The number of hydrogen-bond acceptors (Lipinski definition) is 12. The topological polar surface area (TPSA) is 249 Å². The van der Waals surface area contributed by atoms with Crippen LogP contribution in [-0.2, 0) is 34.9 Å². The Hall–Kier alpha value is -3.94. The van der Waals surface area contributed by atoms with E-state index in [2.05, 4.69) is 59.3 Å². The highest BCUT2D eigenvalue weighted by molar-refractivity contribution is 7.13. The Morgan fingerprint density at radius 1 is 0.869 bits per heavy atom. The average Bonchev–Trinajstić information content (AvgIpc) is 3.86. The second kappa shape index (κ2) is 21.0. The smallest absolute Gasteiger partial charge is 0.404 e. The van der Waals surface area contributed by atoms with Gasteiger partial charge in [-0.25, -0.2) is 4.98 Å². The van der Waals surface area contributed by atoms with Gasteiger partial charge in [0.2, 0.25) is 23.6 Å².